The van der Waals surface area contributed by atoms with Crippen molar-refractivity contribution < 1.29 is 15.1 Å². The van der Waals surface area contributed by atoms with Crippen molar-refractivity contribution >= 4 is 38.6 Å². The zero-order valence-electron chi connectivity index (χ0n) is 35.0. The minimum atomic E-state index is -0.627. The van der Waals surface area contributed by atoms with Gasteiger partial charge in [0, 0.05) is 16.8 Å². The van der Waals surface area contributed by atoms with Gasteiger partial charge in [0.05, 0.1) is 20.8 Å². The molecule has 1 nitrogen and oxygen atoms in total. The summed E-state index contributed by atoms with van der Waals surface area (Å²) in [7, 11) is 0. The highest BCUT2D eigenvalue weighted by Gasteiger charge is 2.16. The molecule has 0 saturated heterocycles. The van der Waals surface area contributed by atoms with Crippen molar-refractivity contribution in [3.05, 3.63) is 188 Å². The first kappa shape index (κ1) is 17.4. The van der Waals surface area contributed by atoms with Crippen LogP contribution in [0, 0.1) is 0 Å². The van der Waals surface area contributed by atoms with Gasteiger partial charge in [-0.2, -0.15) is 0 Å². The molecular formula is C44H31N. The number of fused-ring (bicyclic) bond motifs is 2. The zero-order chi connectivity index (χ0) is 39.6. The predicted octanol–water partition coefficient (Wildman–Crippen LogP) is 12.5. The Balaban J connectivity index is 1.44. The molecule has 0 aliphatic carbocycles. The van der Waals surface area contributed by atoms with Gasteiger partial charge in [0.2, 0.25) is 0 Å². The van der Waals surface area contributed by atoms with Gasteiger partial charge in [-0.05, 0) is 91.9 Å². The van der Waals surface area contributed by atoms with E-state index < -0.39 is 54.4 Å². The molecule has 0 saturated carbocycles. The van der Waals surface area contributed by atoms with Crippen LogP contribution in [0.5, 0.6) is 0 Å². The fourth-order valence-corrected chi connectivity index (χ4v) is 5.58. The summed E-state index contributed by atoms with van der Waals surface area (Å²) >= 11 is 0. The van der Waals surface area contributed by atoms with Crippen LogP contribution < -0.4 is 4.90 Å². The van der Waals surface area contributed by atoms with Gasteiger partial charge in [0.15, 0.2) is 0 Å². The SMILES string of the molecule is [2H]c1c([2H])c(N(c2cccc(-c3ccc4ccccc4c3)c2)c2c([2H])c([2H])c([2H])c3c([2H])c([2H])c([2H])c([2H])c23)c([2H])c([2H])c1-c1cccc(-c2ccccc2)c1. The Morgan fingerprint density at radius 2 is 1.00 bits per heavy atom. The maximum absolute atomic E-state index is 9.50. The van der Waals surface area contributed by atoms with E-state index >= 15 is 0 Å². The van der Waals surface area contributed by atoms with Crippen LogP contribution in [0.3, 0.4) is 0 Å². The molecule has 0 fully saturated rings. The molecule has 0 spiro atoms. The third kappa shape index (κ3) is 5.26. The molecule has 0 atom stereocenters. The van der Waals surface area contributed by atoms with Gasteiger partial charge in [-0.15, -0.1) is 0 Å². The second kappa shape index (κ2) is 11.6. The van der Waals surface area contributed by atoms with E-state index in [2.05, 4.69) is 0 Å². The van der Waals surface area contributed by atoms with Crippen LogP contribution in [0.1, 0.15) is 15.1 Å². The predicted molar refractivity (Wildman–Crippen MR) is 192 cm³/mol. The van der Waals surface area contributed by atoms with E-state index in [1.165, 1.54) is 4.90 Å². The van der Waals surface area contributed by atoms with Crippen molar-refractivity contribution in [2.45, 2.75) is 0 Å². The maximum Gasteiger partial charge on any atom is 0.0645 e. The lowest BCUT2D eigenvalue weighted by atomic mass is 9.98. The normalized spacial score (nSPS) is 14.5. The molecule has 0 unspecified atom stereocenters. The Labute approximate surface area is 279 Å². The number of hydrogen-bond donors (Lipinski definition) is 0. The third-order valence-corrected chi connectivity index (χ3v) is 7.80. The van der Waals surface area contributed by atoms with Crippen LogP contribution in [0.15, 0.2) is 188 Å². The molecule has 0 N–H and O–H groups in total. The minimum Gasteiger partial charge on any atom is -0.310 e. The van der Waals surface area contributed by atoms with Gasteiger partial charge in [-0.1, -0.05) is 145 Å². The maximum atomic E-state index is 9.50. The molecule has 8 aromatic rings. The van der Waals surface area contributed by atoms with E-state index in [1.54, 1.807) is 36.4 Å². The summed E-state index contributed by atoms with van der Waals surface area (Å²) in [6, 6.07) is 31.7. The largest absolute Gasteiger partial charge is 0.310 e. The van der Waals surface area contributed by atoms with Crippen molar-refractivity contribution in [2.24, 2.45) is 0 Å². The van der Waals surface area contributed by atoms with Gasteiger partial charge >= 0.3 is 0 Å². The fraction of sp³-hybridized carbons (Fsp3) is 0. The van der Waals surface area contributed by atoms with Gasteiger partial charge < -0.3 is 4.90 Å². The summed E-state index contributed by atoms with van der Waals surface area (Å²) in [6.07, 6.45) is 0. The molecule has 0 aromatic heterocycles. The van der Waals surface area contributed by atoms with Gasteiger partial charge in [-0.25, -0.2) is 0 Å². The highest BCUT2D eigenvalue weighted by molar-refractivity contribution is 5.99. The molecule has 45 heavy (non-hydrogen) atoms. The molecule has 8 aromatic carbocycles. The first-order valence-electron chi connectivity index (χ1n) is 20.0. The minimum absolute atomic E-state index is 0.0481. The van der Waals surface area contributed by atoms with E-state index in [-0.39, 0.29) is 45.5 Å². The van der Waals surface area contributed by atoms with E-state index in [9.17, 15) is 6.85 Å². The summed E-state index contributed by atoms with van der Waals surface area (Å²) in [5.41, 5.74) is 3.41. The van der Waals surface area contributed by atoms with Crippen LogP contribution in [0.4, 0.5) is 17.1 Å². The van der Waals surface area contributed by atoms with E-state index in [1.807, 2.05) is 84.9 Å². The smallest absolute Gasteiger partial charge is 0.0645 e. The molecule has 0 radical (unpaired) electrons. The number of benzene rings is 8. The van der Waals surface area contributed by atoms with Crippen molar-refractivity contribution in [3.8, 4) is 33.4 Å². The molecule has 8 rings (SSSR count). The summed E-state index contributed by atoms with van der Waals surface area (Å²) < 4.78 is 99.2. The average molecular weight is 585 g/mol. The Kier molecular flexibility index (Phi) is 4.50. The van der Waals surface area contributed by atoms with Gasteiger partial charge in [0.25, 0.3) is 0 Å². The summed E-state index contributed by atoms with van der Waals surface area (Å²) in [5.74, 6) is 0. The number of anilines is 3. The summed E-state index contributed by atoms with van der Waals surface area (Å²) in [6.45, 7) is 0. The Bertz CT molecular complexity index is 2860. The average Bonchev–Trinajstić information content (AvgIpc) is 3.22. The van der Waals surface area contributed by atoms with E-state index in [4.69, 9.17) is 8.22 Å². The lowest BCUT2D eigenvalue weighted by Gasteiger charge is -2.27. The summed E-state index contributed by atoms with van der Waals surface area (Å²) in [4.78, 5) is 1.28. The van der Waals surface area contributed by atoms with E-state index in [0.29, 0.717) is 11.1 Å². The lowest BCUT2D eigenvalue weighted by molar-refractivity contribution is 1.30. The van der Waals surface area contributed by atoms with Crippen LogP contribution >= 0.6 is 0 Å². The molecule has 1 heteroatoms. The van der Waals surface area contributed by atoms with E-state index in [0.717, 1.165) is 27.5 Å². The molecule has 0 amide bonds. The number of hydrogen-bond acceptors (Lipinski definition) is 1. The number of nitrogens with zero attached hydrogens (tertiary/aromatic N) is 1. The molecular weight excluding hydrogens is 542 g/mol. The van der Waals surface area contributed by atoms with Gasteiger partial charge in [0.1, 0.15) is 0 Å². The summed E-state index contributed by atoms with van der Waals surface area (Å²) in [5, 5.41) is 1.46. The van der Waals surface area contributed by atoms with Crippen molar-refractivity contribution in [1.82, 2.24) is 0 Å². The Hall–Kier alpha value is -5.92. The lowest BCUT2D eigenvalue weighted by Crippen LogP contribution is -2.10. The van der Waals surface area contributed by atoms with Crippen LogP contribution in [0.25, 0.3) is 54.9 Å². The molecule has 0 aliphatic rings. The molecule has 212 valence electrons. The van der Waals surface area contributed by atoms with Gasteiger partial charge in [-0.3, -0.25) is 0 Å². The van der Waals surface area contributed by atoms with Crippen molar-refractivity contribution in [3.63, 3.8) is 0 Å². The Morgan fingerprint density at radius 3 is 1.84 bits per heavy atom. The molecule has 0 bridgehead atoms. The monoisotopic (exact) mass is 584 g/mol. The fourth-order valence-electron chi connectivity index (χ4n) is 5.58. The third-order valence-electron chi connectivity index (χ3n) is 7.80. The Morgan fingerprint density at radius 1 is 0.356 bits per heavy atom. The number of rotatable bonds is 6. The first-order valence-corrected chi connectivity index (χ1v) is 14.5. The quantitative estimate of drug-likeness (QED) is 0.188. The zero-order valence-corrected chi connectivity index (χ0v) is 24.0. The van der Waals surface area contributed by atoms with Crippen molar-refractivity contribution in [2.75, 3.05) is 4.90 Å². The molecule has 0 heterocycles. The topological polar surface area (TPSA) is 3.24 Å². The second-order valence-electron chi connectivity index (χ2n) is 10.6. The second-order valence-corrected chi connectivity index (χ2v) is 10.6. The highest BCUT2D eigenvalue weighted by atomic mass is 15.1. The highest BCUT2D eigenvalue weighted by Crippen LogP contribution is 2.41. The van der Waals surface area contributed by atoms with Crippen molar-refractivity contribution in [1.29, 1.82) is 0 Å². The van der Waals surface area contributed by atoms with Crippen LogP contribution in [-0.4, -0.2) is 0 Å². The first-order chi connectivity index (χ1) is 26.9. The van der Waals surface area contributed by atoms with Crippen LogP contribution in [0.2, 0.25) is 0 Å². The molecule has 0 aliphatic heterocycles. The van der Waals surface area contributed by atoms with Crippen LogP contribution in [-0.2, 0) is 0 Å². The standard InChI is InChI=1S/C44H31N/c1-2-11-32(12-3-1)37-17-8-18-38(29-37)34-25-27-41(28-26-34)45(44-22-10-16-35-14-6-7-21-43(35)44)42-20-9-19-39(31-42)40-24-23-33-13-4-5-15-36(33)30-40/h1-31H/i6D,7D,10D,14D,16D,21D,22D,25D,26D,27D,28D.